The van der Waals surface area contributed by atoms with Crippen molar-refractivity contribution in [3.8, 4) is 0 Å². The van der Waals surface area contributed by atoms with Gasteiger partial charge in [0.2, 0.25) is 5.91 Å². The fraction of sp³-hybridized carbons (Fsp3) is 0.562. The summed E-state index contributed by atoms with van der Waals surface area (Å²) in [5, 5.41) is 14.1. The van der Waals surface area contributed by atoms with Crippen molar-refractivity contribution in [1.82, 2.24) is 35.4 Å². The second-order valence-electron chi connectivity index (χ2n) is 5.95. The summed E-state index contributed by atoms with van der Waals surface area (Å²) in [6.45, 7) is 4.99. The fourth-order valence-electron chi connectivity index (χ4n) is 3.15. The van der Waals surface area contributed by atoms with Crippen molar-refractivity contribution in [3.63, 3.8) is 0 Å². The van der Waals surface area contributed by atoms with Crippen molar-refractivity contribution in [2.45, 2.75) is 38.8 Å². The molecule has 0 aromatic carbocycles. The van der Waals surface area contributed by atoms with Crippen molar-refractivity contribution in [2.75, 3.05) is 19.6 Å². The normalized spacial score (nSPS) is 18.3. The summed E-state index contributed by atoms with van der Waals surface area (Å²) in [6.07, 6.45) is 4.35. The van der Waals surface area contributed by atoms with E-state index in [2.05, 4.69) is 30.5 Å². The highest BCUT2D eigenvalue weighted by Crippen LogP contribution is 2.19. The molecule has 3 rings (SSSR count). The van der Waals surface area contributed by atoms with E-state index < -0.39 is 0 Å². The third kappa shape index (κ3) is 3.94. The van der Waals surface area contributed by atoms with E-state index in [0.717, 1.165) is 31.6 Å². The predicted octanol–water partition coefficient (Wildman–Crippen LogP) is 0.650. The molecule has 2 aromatic heterocycles. The van der Waals surface area contributed by atoms with E-state index >= 15 is 0 Å². The molecule has 0 bridgehead atoms. The monoisotopic (exact) mass is 329 g/mol. The number of likely N-dealkylation sites (tertiary alicyclic amines) is 1. The van der Waals surface area contributed by atoms with Gasteiger partial charge in [0.1, 0.15) is 0 Å². The largest absolute Gasteiger partial charge is 0.342 e. The van der Waals surface area contributed by atoms with Gasteiger partial charge in [-0.15, -0.1) is 10.2 Å². The van der Waals surface area contributed by atoms with Crippen LogP contribution in [0.3, 0.4) is 0 Å². The summed E-state index contributed by atoms with van der Waals surface area (Å²) in [5.74, 6) is 0.879. The molecular weight excluding hydrogens is 306 g/mol. The summed E-state index contributed by atoms with van der Waals surface area (Å²) in [5.41, 5.74) is 0.965. The SMILES string of the molecule is CCN1CCCC(N(CCc2nn[nH]n2)Cc2ccccn2)C1=O. The lowest BCUT2D eigenvalue weighted by molar-refractivity contribution is -0.140. The van der Waals surface area contributed by atoms with Gasteiger partial charge in [-0.2, -0.15) is 5.21 Å². The van der Waals surface area contributed by atoms with E-state index in [9.17, 15) is 4.79 Å². The average molecular weight is 329 g/mol. The number of hydrogen-bond acceptors (Lipinski definition) is 6. The Bertz CT molecular complexity index is 631. The van der Waals surface area contributed by atoms with E-state index in [1.165, 1.54) is 0 Å². The molecule has 1 N–H and O–H groups in total. The van der Waals surface area contributed by atoms with Gasteiger partial charge in [0, 0.05) is 38.8 Å². The molecule has 3 heterocycles. The molecule has 1 aliphatic heterocycles. The van der Waals surface area contributed by atoms with Crippen LogP contribution in [0.25, 0.3) is 0 Å². The van der Waals surface area contributed by atoms with Crippen LogP contribution in [0.15, 0.2) is 24.4 Å². The standard InChI is InChI=1S/C16H23N7O/c1-2-22-10-5-7-14(16(22)24)23(11-8-15-18-20-21-19-15)12-13-6-3-4-9-17-13/h3-4,6,9,14H,2,5,7-8,10-12H2,1H3,(H,18,19,20,21). The Kier molecular flexibility index (Phi) is 5.47. The van der Waals surface area contributed by atoms with Crippen LogP contribution >= 0.6 is 0 Å². The molecule has 0 spiro atoms. The lowest BCUT2D eigenvalue weighted by Crippen LogP contribution is -2.52. The van der Waals surface area contributed by atoms with Gasteiger partial charge < -0.3 is 4.90 Å². The number of pyridine rings is 1. The smallest absolute Gasteiger partial charge is 0.239 e. The summed E-state index contributed by atoms with van der Waals surface area (Å²) in [7, 11) is 0. The van der Waals surface area contributed by atoms with Crippen molar-refractivity contribution < 1.29 is 4.79 Å². The number of piperidine rings is 1. The van der Waals surface area contributed by atoms with Crippen molar-refractivity contribution in [1.29, 1.82) is 0 Å². The maximum atomic E-state index is 12.8. The van der Waals surface area contributed by atoms with Crippen molar-refractivity contribution in [2.24, 2.45) is 0 Å². The third-order valence-corrected chi connectivity index (χ3v) is 4.43. The topological polar surface area (TPSA) is 90.9 Å². The quantitative estimate of drug-likeness (QED) is 0.802. The minimum atomic E-state index is -0.104. The third-order valence-electron chi connectivity index (χ3n) is 4.43. The molecule has 8 heteroatoms. The lowest BCUT2D eigenvalue weighted by atomic mass is 10.0. The van der Waals surface area contributed by atoms with Crippen LogP contribution in [0.1, 0.15) is 31.3 Å². The summed E-state index contributed by atoms with van der Waals surface area (Å²) < 4.78 is 0. The van der Waals surface area contributed by atoms with Gasteiger partial charge in [0.25, 0.3) is 0 Å². The number of rotatable bonds is 7. The van der Waals surface area contributed by atoms with E-state index in [1.54, 1.807) is 6.20 Å². The number of likely N-dealkylation sites (N-methyl/N-ethyl adjacent to an activating group) is 1. The van der Waals surface area contributed by atoms with Crippen LogP contribution in [0.2, 0.25) is 0 Å². The Labute approximate surface area is 141 Å². The van der Waals surface area contributed by atoms with Gasteiger partial charge in [-0.3, -0.25) is 14.7 Å². The number of hydrogen-bond donors (Lipinski definition) is 1. The Hall–Kier alpha value is -2.35. The van der Waals surface area contributed by atoms with Crippen LogP contribution in [0.4, 0.5) is 0 Å². The van der Waals surface area contributed by atoms with Crippen LogP contribution in [0, 0.1) is 0 Å². The zero-order chi connectivity index (χ0) is 16.8. The van der Waals surface area contributed by atoms with Gasteiger partial charge in [0.15, 0.2) is 5.82 Å². The van der Waals surface area contributed by atoms with E-state index in [0.29, 0.717) is 25.3 Å². The molecule has 1 unspecified atom stereocenters. The van der Waals surface area contributed by atoms with Gasteiger partial charge in [0.05, 0.1) is 11.7 Å². The van der Waals surface area contributed by atoms with Crippen LogP contribution < -0.4 is 0 Å². The maximum Gasteiger partial charge on any atom is 0.239 e. The number of carbonyl (C=O) groups is 1. The lowest BCUT2D eigenvalue weighted by Gasteiger charge is -2.38. The van der Waals surface area contributed by atoms with Gasteiger partial charge >= 0.3 is 0 Å². The number of aromatic amines is 1. The second kappa shape index (κ2) is 7.96. The summed E-state index contributed by atoms with van der Waals surface area (Å²) in [6, 6.07) is 5.76. The number of nitrogens with one attached hydrogen (secondary N) is 1. The molecule has 0 radical (unpaired) electrons. The predicted molar refractivity (Wildman–Crippen MR) is 87.8 cm³/mol. The molecule has 8 nitrogen and oxygen atoms in total. The Balaban J connectivity index is 1.73. The Morgan fingerprint density at radius 3 is 3.04 bits per heavy atom. The van der Waals surface area contributed by atoms with E-state index in [1.807, 2.05) is 30.0 Å². The number of amides is 1. The molecule has 1 amide bonds. The van der Waals surface area contributed by atoms with E-state index in [-0.39, 0.29) is 11.9 Å². The van der Waals surface area contributed by atoms with Crippen LogP contribution in [-0.2, 0) is 17.8 Å². The first-order valence-corrected chi connectivity index (χ1v) is 8.43. The molecule has 24 heavy (non-hydrogen) atoms. The molecular formula is C16H23N7O. The van der Waals surface area contributed by atoms with Crippen molar-refractivity contribution >= 4 is 5.91 Å². The highest BCUT2D eigenvalue weighted by atomic mass is 16.2. The minimum Gasteiger partial charge on any atom is -0.342 e. The minimum absolute atomic E-state index is 0.104. The molecule has 1 atom stereocenters. The van der Waals surface area contributed by atoms with Crippen molar-refractivity contribution in [3.05, 3.63) is 35.9 Å². The number of carbonyl (C=O) groups excluding carboxylic acids is 1. The molecule has 128 valence electrons. The first-order valence-electron chi connectivity index (χ1n) is 8.43. The zero-order valence-electron chi connectivity index (χ0n) is 13.9. The number of tetrazole rings is 1. The Morgan fingerprint density at radius 1 is 1.42 bits per heavy atom. The zero-order valence-corrected chi connectivity index (χ0v) is 13.9. The van der Waals surface area contributed by atoms with Gasteiger partial charge in [-0.05, 0) is 31.9 Å². The first kappa shape index (κ1) is 16.5. The maximum absolute atomic E-state index is 12.8. The highest BCUT2D eigenvalue weighted by Gasteiger charge is 2.32. The summed E-state index contributed by atoms with van der Waals surface area (Å²) >= 11 is 0. The Morgan fingerprint density at radius 2 is 2.33 bits per heavy atom. The molecule has 2 aromatic rings. The highest BCUT2D eigenvalue weighted by molar-refractivity contribution is 5.82. The number of aromatic nitrogens is 5. The molecule has 1 aliphatic rings. The van der Waals surface area contributed by atoms with E-state index in [4.69, 9.17) is 0 Å². The second-order valence-corrected chi connectivity index (χ2v) is 5.95. The number of nitrogens with zero attached hydrogens (tertiary/aromatic N) is 6. The molecule has 1 fully saturated rings. The molecule has 1 saturated heterocycles. The van der Waals surface area contributed by atoms with Gasteiger partial charge in [-0.25, -0.2) is 0 Å². The van der Waals surface area contributed by atoms with Crippen LogP contribution in [-0.4, -0.2) is 67.0 Å². The van der Waals surface area contributed by atoms with Gasteiger partial charge in [-0.1, -0.05) is 11.3 Å². The average Bonchev–Trinajstić information content (AvgIpc) is 3.13. The van der Waals surface area contributed by atoms with Crippen LogP contribution in [0.5, 0.6) is 0 Å². The number of H-pyrrole nitrogens is 1. The molecule has 0 aliphatic carbocycles. The molecule has 0 saturated carbocycles. The first-order chi connectivity index (χ1) is 11.8. The fourth-order valence-corrected chi connectivity index (χ4v) is 3.15. The summed E-state index contributed by atoms with van der Waals surface area (Å²) in [4.78, 5) is 21.3.